The summed E-state index contributed by atoms with van der Waals surface area (Å²) >= 11 is 0. The molecule has 1 aromatic rings. The number of hydrogen-bond donors (Lipinski definition) is 2. The van der Waals surface area contributed by atoms with Gasteiger partial charge in [-0.25, -0.2) is 0 Å². The number of rotatable bonds is 7. The highest BCUT2D eigenvalue weighted by Crippen LogP contribution is 2.17. The summed E-state index contributed by atoms with van der Waals surface area (Å²) in [7, 11) is 1.47. The monoisotopic (exact) mass is 265 g/mol. The van der Waals surface area contributed by atoms with Gasteiger partial charge < -0.3 is 20.7 Å². The first-order chi connectivity index (χ1) is 9.15. The lowest BCUT2D eigenvalue weighted by Crippen LogP contribution is -2.35. The zero-order valence-electron chi connectivity index (χ0n) is 11.8. The van der Waals surface area contributed by atoms with E-state index in [1.54, 1.807) is 0 Å². The molecule has 1 amide bonds. The number of amides is 1. The molecule has 0 radical (unpaired) electrons. The van der Waals surface area contributed by atoms with Crippen LogP contribution in [0.15, 0.2) is 24.3 Å². The molecule has 5 heteroatoms. The molecule has 19 heavy (non-hydrogen) atoms. The minimum Gasteiger partial charge on any atom is -0.372 e. The number of carbonyl (C=O) groups is 1. The van der Waals surface area contributed by atoms with Crippen LogP contribution in [0.4, 0.5) is 11.4 Å². The van der Waals surface area contributed by atoms with E-state index in [4.69, 9.17) is 10.5 Å². The minimum atomic E-state index is -0.609. The number of anilines is 2. The van der Waals surface area contributed by atoms with Crippen molar-refractivity contribution in [3.8, 4) is 0 Å². The van der Waals surface area contributed by atoms with Crippen molar-refractivity contribution in [1.82, 2.24) is 0 Å². The van der Waals surface area contributed by atoms with Crippen molar-refractivity contribution in [3.05, 3.63) is 24.3 Å². The highest BCUT2D eigenvalue weighted by atomic mass is 16.5. The Labute approximate surface area is 114 Å². The van der Waals surface area contributed by atoms with Crippen LogP contribution in [0.1, 0.15) is 13.8 Å². The van der Waals surface area contributed by atoms with Crippen molar-refractivity contribution in [2.45, 2.75) is 20.0 Å². The Bertz CT molecular complexity index is 384. The van der Waals surface area contributed by atoms with Crippen LogP contribution in [0.2, 0.25) is 0 Å². The highest BCUT2D eigenvalue weighted by Gasteiger charge is 2.15. The largest absolute Gasteiger partial charge is 0.372 e. The molecular formula is C14H23N3O2. The number of benzene rings is 1. The van der Waals surface area contributed by atoms with Gasteiger partial charge in [-0.15, -0.1) is 0 Å². The third-order valence-electron chi connectivity index (χ3n) is 3.05. The van der Waals surface area contributed by atoms with E-state index in [0.717, 1.165) is 24.5 Å². The lowest BCUT2D eigenvalue weighted by molar-refractivity contribution is -0.125. The number of nitrogens with one attached hydrogen (secondary N) is 1. The summed E-state index contributed by atoms with van der Waals surface area (Å²) in [5.74, 6) is -0.222. The van der Waals surface area contributed by atoms with Gasteiger partial charge in [-0.1, -0.05) is 0 Å². The van der Waals surface area contributed by atoms with Crippen molar-refractivity contribution in [2.24, 2.45) is 5.73 Å². The Morgan fingerprint density at radius 3 is 2.32 bits per heavy atom. The van der Waals surface area contributed by atoms with Crippen molar-refractivity contribution in [3.63, 3.8) is 0 Å². The molecule has 0 aliphatic heterocycles. The molecule has 1 aromatic carbocycles. The molecule has 0 aliphatic carbocycles. The molecule has 5 nitrogen and oxygen atoms in total. The molecule has 0 saturated carbocycles. The molecule has 0 fully saturated rings. The van der Waals surface area contributed by atoms with E-state index in [-0.39, 0.29) is 12.5 Å². The third-order valence-corrected chi connectivity index (χ3v) is 3.05. The summed E-state index contributed by atoms with van der Waals surface area (Å²) in [6, 6.07) is 7.75. The fourth-order valence-corrected chi connectivity index (χ4v) is 1.88. The summed E-state index contributed by atoms with van der Waals surface area (Å²) in [6.45, 7) is 6.31. The molecule has 1 rings (SSSR count). The second-order valence-electron chi connectivity index (χ2n) is 4.17. The topological polar surface area (TPSA) is 67.6 Å². The molecule has 0 bridgehead atoms. The van der Waals surface area contributed by atoms with E-state index in [2.05, 4.69) is 24.1 Å². The molecule has 0 spiro atoms. The molecule has 0 aromatic heterocycles. The van der Waals surface area contributed by atoms with Gasteiger partial charge >= 0.3 is 0 Å². The van der Waals surface area contributed by atoms with E-state index in [9.17, 15) is 4.79 Å². The molecule has 0 aliphatic rings. The first-order valence-corrected chi connectivity index (χ1v) is 6.54. The van der Waals surface area contributed by atoms with E-state index < -0.39 is 6.10 Å². The van der Waals surface area contributed by atoms with Crippen LogP contribution in [0, 0.1) is 0 Å². The zero-order chi connectivity index (χ0) is 14.3. The minimum absolute atomic E-state index is 0.167. The van der Waals surface area contributed by atoms with Crippen LogP contribution < -0.4 is 16.0 Å². The van der Waals surface area contributed by atoms with Gasteiger partial charge in [0.15, 0.2) is 0 Å². The number of ether oxygens (including phenoxy) is 1. The number of hydrogen-bond acceptors (Lipinski definition) is 4. The Morgan fingerprint density at radius 1 is 1.32 bits per heavy atom. The van der Waals surface area contributed by atoms with Gasteiger partial charge in [0.1, 0.15) is 6.10 Å². The fourth-order valence-electron chi connectivity index (χ4n) is 1.88. The molecule has 0 heterocycles. The third kappa shape index (κ3) is 4.22. The van der Waals surface area contributed by atoms with Gasteiger partial charge in [-0.2, -0.15) is 0 Å². The lowest BCUT2D eigenvalue weighted by atomic mass is 10.2. The lowest BCUT2D eigenvalue weighted by Gasteiger charge is -2.21. The normalized spacial score (nSPS) is 12.0. The SMILES string of the molecule is CCN(CC)c1ccc(NC(=O)C(CN)OC)cc1. The maximum Gasteiger partial charge on any atom is 0.254 e. The summed E-state index contributed by atoms with van der Waals surface area (Å²) in [5, 5.41) is 2.78. The number of nitrogens with two attached hydrogens (primary N) is 1. The van der Waals surface area contributed by atoms with E-state index in [1.165, 1.54) is 7.11 Å². The van der Waals surface area contributed by atoms with Crippen LogP contribution in [0.25, 0.3) is 0 Å². The van der Waals surface area contributed by atoms with Gasteiger partial charge in [0.05, 0.1) is 0 Å². The molecule has 0 saturated heterocycles. The van der Waals surface area contributed by atoms with Crippen LogP contribution >= 0.6 is 0 Å². The summed E-state index contributed by atoms with van der Waals surface area (Å²) in [6.07, 6.45) is -0.609. The first-order valence-electron chi connectivity index (χ1n) is 6.54. The van der Waals surface area contributed by atoms with E-state index in [0.29, 0.717) is 0 Å². The molecule has 1 atom stereocenters. The van der Waals surface area contributed by atoms with Gasteiger partial charge in [0.25, 0.3) is 5.91 Å². The maximum atomic E-state index is 11.8. The Balaban J connectivity index is 2.69. The summed E-state index contributed by atoms with van der Waals surface area (Å²) in [4.78, 5) is 14.0. The van der Waals surface area contributed by atoms with E-state index >= 15 is 0 Å². The number of methoxy groups -OCH3 is 1. The average Bonchev–Trinajstić information content (AvgIpc) is 2.43. The van der Waals surface area contributed by atoms with Gasteiger partial charge in [0.2, 0.25) is 0 Å². The van der Waals surface area contributed by atoms with Gasteiger partial charge in [-0.3, -0.25) is 4.79 Å². The molecule has 106 valence electrons. The number of carbonyl (C=O) groups excluding carboxylic acids is 1. The fraction of sp³-hybridized carbons (Fsp3) is 0.500. The predicted octanol–water partition coefficient (Wildman–Crippen LogP) is 1.44. The van der Waals surface area contributed by atoms with Crippen molar-refractivity contribution in [1.29, 1.82) is 0 Å². The Morgan fingerprint density at radius 2 is 1.89 bits per heavy atom. The van der Waals surface area contributed by atoms with Crippen molar-refractivity contribution in [2.75, 3.05) is 37.0 Å². The second-order valence-corrected chi connectivity index (χ2v) is 4.17. The van der Waals surface area contributed by atoms with E-state index in [1.807, 2.05) is 24.3 Å². The molecule has 1 unspecified atom stereocenters. The molecular weight excluding hydrogens is 242 g/mol. The standard InChI is InChI=1S/C14H23N3O2/c1-4-17(5-2)12-8-6-11(7-9-12)16-14(18)13(10-15)19-3/h6-9,13H,4-5,10,15H2,1-3H3,(H,16,18). The van der Waals surface area contributed by atoms with Crippen LogP contribution in [0.5, 0.6) is 0 Å². The summed E-state index contributed by atoms with van der Waals surface area (Å²) in [5.41, 5.74) is 7.34. The maximum absolute atomic E-state index is 11.8. The molecule has 3 N–H and O–H groups in total. The van der Waals surface area contributed by atoms with Gasteiger partial charge in [-0.05, 0) is 38.1 Å². The van der Waals surface area contributed by atoms with Gasteiger partial charge in [0, 0.05) is 38.1 Å². The van der Waals surface area contributed by atoms with Crippen LogP contribution in [0.3, 0.4) is 0 Å². The van der Waals surface area contributed by atoms with Crippen molar-refractivity contribution < 1.29 is 9.53 Å². The van der Waals surface area contributed by atoms with Crippen molar-refractivity contribution >= 4 is 17.3 Å². The second kappa shape index (κ2) is 7.76. The quantitative estimate of drug-likeness (QED) is 0.783. The summed E-state index contributed by atoms with van der Waals surface area (Å²) < 4.78 is 4.98. The van der Waals surface area contributed by atoms with Crippen LogP contribution in [-0.4, -0.2) is 38.8 Å². The van der Waals surface area contributed by atoms with Crippen LogP contribution in [-0.2, 0) is 9.53 Å². The Kier molecular flexibility index (Phi) is 6.32. The smallest absolute Gasteiger partial charge is 0.254 e. The predicted molar refractivity (Wildman–Crippen MR) is 78.5 cm³/mol. The highest BCUT2D eigenvalue weighted by molar-refractivity contribution is 5.94. The Hall–Kier alpha value is -1.59. The average molecular weight is 265 g/mol. The number of nitrogens with zero attached hydrogens (tertiary/aromatic N) is 1. The first kappa shape index (κ1) is 15.5. The zero-order valence-corrected chi connectivity index (χ0v) is 11.8.